The Balaban J connectivity index is 1.51. The molecule has 0 fully saturated rings. The van der Waals surface area contributed by atoms with Crippen LogP contribution >= 0.6 is 0 Å². The van der Waals surface area contributed by atoms with Crippen LogP contribution in [-0.4, -0.2) is 31.4 Å². The lowest BCUT2D eigenvalue weighted by molar-refractivity contribution is 0.413. The first-order valence-corrected chi connectivity index (χ1v) is 10.2. The minimum absolute atomic E-state index is 0.258. The third kappa shape index (κ3) is 3.63. The Labute approximate surface area is 179 Å². The molecule has 0 unspecified atom stereocenters. The lowest BCUT2D eigenvalue weighted by atomic mass is 10.0. The van der Waals surface area contributed by atoms with Crippen LogP contribution in [0.15, 0.2) is 55.0 Å². The van der Waals surface area contributed by atoms with Crippen molar-refractivity contribution in [3.8, 4) is 22.8 Å². The molecule has 0 N–H and O–H groups in total. The fourth-order valence-electron chi connectivity index (χ4n) is 3.99. The Morgan fingerprint density at radius 2 is 1.87 bits per heavy atom. The van der Waals surface area contributed by atoms with Gasteiger partial charge >= 0.3 is 0 Å². The van der Waals surface area contributed by atoms with Crippen molar-refractivity contribution < 1.29 is 9.13 Å². The first kappa shape index (κ1) is 19.2. The van der Waals surface area contributed by atoms with E-state index in [0.29, 0.717) is 0 Å². The predicted octanol–water partition coefficient (Wildman–Crippen LogP) is 4.92. The molecule has 0 aliphatic carbocycles. The highest BCUT2D eigenvalue weighted by molar-refractivity contribution is 5.81. The van der Waals surface area contributed by atoms with Gasteiger partial charge in [-0.1, -0.05) is 6.07 Å². The van der Waals surface area contributed by atoms with Crippen LogP contribution in [0.2, 0.25) is 0 Å². The van der Waals surface area contributed by atoms with Gasteiger partial charge in [-0.05, 0) is 73.4 Å². The van der Waals surface area contributed by atoms with Crippen molar-refractivity contribution in [3.63, 3.8) is 0 Å². The van der Waals surface area contributed by atoms with Gasteiger partial charge in [0.05, 0.1) is 24.8 Å². The topological polar surface area (TPSA) is 57.8 Å². The molecule has 0 bridgehead atoms. The SMILES string of the molecule is COc1cc(C=C2CCCn3c2nnc3-c2ccc(F)cc2)ccc1-n1cnc(C)c1. The van der Waals surface area contributed by atoms with Crippen LogP contribution in [0.25, 0.3) is 28.7 Å². The molecule has 0 radical (unpaired) electrons. The maximum atomic E-state index is 13.3. The van der Waals surface area contributed by atoms with Crippen LogP contribution in [-0.2, 0) is 6.54 Å². The van der Waals surface area contributed by atoms with E-state index in [4.69, 9.17) is 4.74 Å². The van der Waals surface area contributed by atoms with Gasteiger partial charge in [0.2, 0.25) is 0 Å². The van der Waals surface area contributed by atoms with Gasteiger partial charge in [-0.3, -0.25) is 0 Å². The number of aryl methyl sites for hydroxylation is 1. The van der Waals surface area contributed by atoms with Crippen LogP contribution in [0, 0.1) is 12.7 Å². The number of hydrogen-bond donors (Lipinski definition) is 0. The van der Waals surface area contributed by atoms with Crippen LogP contribution in [0.3, 0.4) is 0 Å². The second-order valence-corrected chi connectivity index (χ2v) is 7.63. The summed E-state index contributed by atoms with van der Waals surface area (Å²) in [5, 5.41) is 8.85. The Morgan fingerprint density at radius 1 is 1.06 bits per heavy atom. The van der Waals surface area contributed by atoms with Gasteiger partial charge in [0.25, 0.3) is 0 Å². The number of nitrogens with zero attached hydrogens (tertiary/aromatic N) is 5. The van der Waals surface area contributed by atoms with E-state index >= 15 is 0 Å². The highest BCUT2D eigenvalue weighted by atomic mass is 19.1. The molecule has 2 aromatic carbocycles. The molecule has 4 aromatic rings. The Hall–Kier alpha value is -3.74. The average molecular weight is 415 g/mol. The third-order valence-electron chi connectivity index (χ3n) is 5.50. The van der Waals surface area contributed by atoms with Gasteiger partial charge in [-0.15, -0.1) is 10.2 Å². The summed E-state index contributed by atoms with van der Waals surface area (Å²) in [5.74, 6) is 2.14. The van der Waals surface area contributed by atoms with E-state index < -0.39 is 0 Å². The molecule has 6 nitrogen and oxygen atoms in total. The van der Waals surface area contributed by atoms with E-state index in [2.05, 4.69) is 31.9 Å². The third-order valence-corrected chi connectivity index (χ3v) is 5.50. The number of halogens is 1. The van der Waals surface area contributed by atoms with Gasteiger partial charge in [0.15, 0.2) is 11.6 Å². The van der Waals surface area contributed by atoms with Gasteiger partial charge in [-0.25, -0.2) is 9.37 Å². The maximum absolute atomic E-state index is 13.3. The maximum Gasteiger partial charge on any atom is 0.164 e. The number of allylic oxidation sites excluding steroid dienone is 1. The van der Waals surface area contributed by atoms with E-state index in [1.165, 1.54) is 12.1 Å². The van der Waals surface area contributed by atoms with E-state index in [9.17, 15) is 4.39 Å². The van der Waals surface area contributed by atoms with Crippen molar-refractivity contribution in [3.05, 3.63) is 77.9 Å². The van der Waals surface area contributed by atoms with Crippen molar-refractivity contribution in [1.82, 2.24) is 24.3 Å². The van der Waals surface area contributed by atoms with Crippen molar-refractivity contribution in [2.45, 2.75) is 26.3 Å². The second kappa shape index (κ2) is 7.83. The molecule has 5 rings (SSSR count). The molecule has 31 heavy (non-hydrogen) atoms. The van der Waals surface area contributed by atoms with Crippen molar-refractivity contribution in [2.75, 3.05) is 7.11 Å². The first-order valence-electron chi connectivity index (χ1n) is 10.2. The van der Waals surface area contributed by atoms with E-state index in [0.717, 1.165) is 64.9 Å². The van der Waals surface area contributed by atoms with Gasteiger partial charge in [0.1, 0.15) is 11.6 Å². The number of benzene rings is 2. The average Bonchev–Trinajstić information content (AvgIpc) is 3.41. The summed E-state index contributed by atoms with van der Waals surface area (Å²) in [5.41, 5.74) is 4.91. The quantitative estimate of drug-likeness (QED) is 0.475. The molecule has 0 atom stereocenters. The van der Waals surface area contributed by atoms with Gasteiger partial charge in [0, 0.05) is 18.3 Å². The normalized spacial score (nSPS) is 14.6. The van der Waals surface area contributed by atoms with E-state index in [-0.39, 0.29) is 5.82 Å². The molecule has 0 saturated heterocycles. The highest BCUT2D eigenvalue weighted by Crippen LogP contribution is 2.32. The molecule has 1 aliphatic heterocycles. The van der Waals surface area contributed by atoms with Crippen LogP contribution in [0.1, 0.15) is 29.9 Å². The number of fused-ring (bicyclic) bond motifs is 1. The molecular formula is C24H22FN5O. The fraction of sp³-hybridized carbons (Fsp3) is 0.208. The zero-order chi connectivity index (χ0) is 21.4. The van der Waals surface area contributed by atoms with Crippen LogP contribution in [0.4, 0.5) is 4.39 Å². The summed E-state index contributed by atoms with van der Waals surface area (Å²) < 4.78 is 23.0. The minimum atomic E-state index is -0.258. The van der Waals surface area contributed by atoms with Crippen molar-refractivity contribution in [2.24, 2.45) is 0 Å². The predicted molar refractivity (Wildman–Crippen MR) is 117 cm³/mol. The van der Waals surface area contributed by atoms with E-state index in [1.807, 2.05) is 29.8 Å². The number of imidazole rings is 1. The molecule has 156 valence electrons. The monoisotopic (exact) mass is 415 g/mol. The molecule has 7 heteroatoms. The molecule has 0 spiro atoms. The lowest BCUT2D eigenvalue weighted by Gasteiger charge is -2.18. The number of methoxy groups -OCH3 is 1. The summed E-state index contributed by atoms with van der Waals surface area (Å²) in [6.45, 7) is 2.80. The minimum Gasteiger partial charge on any atom is -0.495 e. The van der Waals surface area contributed by atoms with Gasteiger partial charge in [-0.2, -0.15) is 0 Å². The molecule has 3 heterocycles. The van der Waals surface area contributed by atoms with Crippen LogP contribution < -0.4 is 4.74 Å². The summed E-state index contributed by atoms with van der Waals surface area (Å²) in [6, 6.07) is 12.5. The lowest BCUT2D eigenvalue weighted by Crippen LogP contribution is -2.11. The Morgan fingerprint density at radius 3 is 2.61 bits per heavy atom. The summed E-state index contributed by atoms with van der Waals surface area (Å²) in [6.07, 6.45) is 7.81. The molecule has 2 aromatic heterocycles. The summed E-state index contributed by atoms with van der Waals surface area (Å²) in [7, 11) is 1.67. The van der Waals surface area contributed by atoms with Crippen molar-refractivity contribution >= 4 is 11.6 Å². The van der Waals surface area contributed by atoms with Gasteiger partial charge < -0.3 is 13.9 Å². The number of hydrogen-bond acceptors (Lipinski definition) is 4. The summed E-state index contributed by atoms with van der Waals surface area (Å²) >= 11 is 0. The molecule has 0 amide bonds. The molecular weight excluding hydrogens is 393 g/mol. The largest absolute Gasteiger partial charge is 0.495 e. The molecule has 1 aliphatic rings. The number of rotatable bonds is 4. The zero-order valence-corrected chi connectivity index (χ0v) is 17.4. The number of ether oxygens (including phenoxy) is 1. The summed E-state index contributed by atoms with van der Waals surface area (Å²) in [4.78, 5) is 4.30. The fourth-order valence-corrected chi connectivity index (χ4v) is 3.99. The highest BCUT2D eigenvalue weighted by Gasteiger charge is 2.21. The Bertz CT molecular complexity index is 1270. The first-order chi connectivity index (χ1) is 15.1. The second-order valence-electron chi connectivity index (χ2n) is 7.63. The smallest absolute Gasteiger partial charge is 0.164 e. The number of aromatic nitrogens is 5. The van der Waals surface area contributed by atoms with Crippen LogP contribution in [0.5, 0.6) is 5.75 Å². The Kier molecular flexibility index (Phi) is 4.86. The standard InChI is InChI=1S/C24H22FN5O/c1-16-14-29(15-26-16)21-10-5-17(13-22(21)31-2)12-19-4-3-11-30-23(27-28-24(19)30)18-6-8-20(25)9-7-18/h5-10,12-15H,3-4,11H2,1-2H3. The van der Waals surface area contributed by atoms with E-state index in [1.54, 1.807) is 25.6 Å². The van der Waals surface area contributed by atoms with Crippen molar-refractivity contribution in [1.29, 1.82) is 0 Å². The zero-order valence-electron chi connectivity index (χ0n) is 17.4. The molecule has 0 saturated carbocycles.